The first-order chi connectivity index (χ1) is 9.16. The van der Waals surface area contributed by atoms with Gasteiger partial charge in [0.05, 0.1) is 22.3 Å². The molecular weight excluding hydrogens is 276 g/mol. The molecule has 0 unspecified atom stereocenters. The Balaban J connectivity index is 3.82. The second-order valence-electron chi connectivity index (χ2n) is 3.50. The largest absolute Gasteiger partial charge is 0.478 e. The van der Waals surface area contributed by atoms with Gasteiger partial charge in [-0.3, -0.25) is 4.79 Å². The molecule has 0 aliphatic rings. The zero-order valence-corrected chi connectivity index (χ0v) is 9.48. The van der Waals surface area contributed by atoms with E-state index in [9.17, 15) is 24.0 Å². The molecule has 9 heteroatoms. The quantitative estimate of drug-likeness (QED) is 0.430. The fourth-order valence-corrected chi connectivity index (χ4v) is 1.45. The average Bonchev–Trinajstić information content (AvgIpc) is 2.35. The van der Waals surface area contributed by atoms with E-state index >= 15 is 0 Å². The zero-order chi connectivity index (χ0) is 15.6. The molecule has 0 aliphatic carbocycles. The van der Waals surface area contributed by atoms with Crippen LogP contribution < -0.4 is 0 Å². The molecule has 9 nitrogen and oxygen atoms in total. The summed E-state index contributed by atoms with van der Waals surface area (Å²) in [4.78, 5) is 54.7. The molecule has 4 N–H and O–H groups in total. The topological polar surface area (TPSA) is 166 Å². The van der Waals surface area contributed by atoms with Gasteiger partial charge in [0.2, 0.25) is 0 Å². The van der Waals surface area contributed by atoms with Crippen molar-refractivity contribution in [1.29, 1.82) is 0 Å². The minimum atomic E-state index is -2.06. The fraction of sp³-hybridized carbons (Fsp3) is 0. The van der Waals surface area contributed by atoms with Crippen LogP contribution in [0.15, 0.2) is 12.1 Å². The molecule has 0 atom stereocenters. The van der Waals surface area contributed by atoms with E-state index in [0.29, 0.717) is 12.1 Å². The van der Waals surface area contributed by atoms with Gasteiger partial charge in [-0.05, 0) is 12.1 Å². The number of rotatable bonds is 5. The fourth-order valence-electron chi connectivity index (χ4n) is 1.45. The van der Waals surface area contributed by atoms with Gasteiger partial charge in [0.15, 0.2) is 0 Å². The third-order valence-corrected chi connectivity index (χ3v) is 2.27. The van der Waals surface area contributed by atoms with E-state index in [1.54, 1.807) is 0 Å². The average molecular weight is 282 g/mol. The summed E-state index contributed by atoms with van der Waals surface area (Å²) >= 11 is 0. The van der Waals surface area contributed by atoms with Crippen LogP contribution in [0.2, 0.25) is 0 Å². The lowest BCUT2D eigenvalue weighted by Crippen LogP contribution is -2.22. The van der Waals surface area contributed by atoms with Crippen molar-refractivity contribution >= 4 is 29.7 Å². The van der Waals surface area contributed by atoms with Crippen LogP contribution >= 0.6 is 0 Å². The SMILES string of the molecule is O=C(O)C(=O)c1c(C(=O)O)cc(C(=O)O)cc1C(=O)O. The van der Waals surface area contributed by atoms with Crippen LogP contribution in [0.25, 0.3) is 0 Å². The van der Waals surface area contributed by atoms with E-state index < -0.39 is 51.9 Å². The van der Waals surface area contributed by atoms with Crippen molar-refractivity contribution in [2.24, 2.45) is 0 Å². The van der Waals surface area contributed by atoms with Gasteiger partial charge < -0.3 is 20.4 Å². The second-order valence-corrected chi connectivity index (χ2v) is 3.50. The molecule has 104 valence electrons. The third kappa shape index (κ3) is 2.61. The molecule has 1 rings (SSSR count). The second kappa shape index (κ2) is 5.18. The summed E-state index contributed by atoms with van der Waals surface area (Å²) in [5, 5.41) is 35.1. The Morgan fingerprint density at radius 3 is 1.35 bits per heavy atom. The van der Waals surface area contributed by atoms with Crippen molar-refractivity contribution in [2.45, 2.75) is 0 Å². The lowest BCUT2D eigenvalue weighted by molar-refractivity contribution is -0.131. The first-order valence-electron chi connectivity index (χ1n) is 4.82. The summed E-state index contributed by atoms with van der Waals surface area (Å²) in [6, 6.07) is 1.04. The third-order valence-electron chi connectivity index (χ3n) is 2.27. The summed E-state index contributed by atoms with van der Waals surface area (Å²) in [5.74, 6) is -9.07. The summed E-state index contributed by atoms with van der Waals surface area (Å²) in [7, 11) is 0. The van der Waals surface area contributed by atoms with Crippen LogP contribution in [-0.2, 0) is 4.79 Å². The van der Waals surface area contributed by atoms with Gasteiger partial charge in [0.25, 0.3) is 5.78 Å². The summed E-state index contributed by atoms with van der Waals surface area (Å²) in [5.41, 5.74) is -3.78. The van der Waals surface area contributed by atoms with Crippen LogP contribution in [0.3, 0.4) is 0 Å². The van der Waals surface area contributed by atoms with E-state index in [4.69, 9.17) is 20.4 Å². The Morgan fingerprint density at radius 1 is 0.700 bits per heavy atom. The molecular formula is C11H6O9. The maximum atomic E-state index is 11.4. The van der Waals surface area contributed by atoms with Gasteiger partial charge in [0.1, 0.15) is 0 Å². The Bertz CT molecular complexity index is 621. The van der Waals surface area contributed by atoms with Crippen molar-refractivity contribution in [1.82, 2.24) is 0 Å². The van der Waals surface area contributed by atoms with Gasteiger partial charge in [-0.15, -0.1) is 0 Å². The number of carboxylic acid groups (broad SMARTS) is 4. The van der Waals surface area contributed by atoms with Crippen LogP contribution in [0.4, 0.5) is 0 Å². The van der Waals surface area contributed by atoms with Gasteiger partial charge in [-0.25, -0.2) is 19.2 Å². The molecule has 20 heavy (non-hydrogen) atoms. The zero-order valence-electron chi connectivity index (χ0n) is 9.48. The highest BCUT2D eigenvalue weighted by Crippen LogP contribution is 2.20. The van der Waals surface area contributed by atoms with Crippen LogP contribution in [0.1, 0.15) is 41.4 Å². The molecule has 0 bridgehead atoms. The molecule has 0 saturated heterocycles. The molecule has 0 heterocycles. The Kier molecular flexibility index (Phi) is 3.84. The Labute approximate surface area is 109 Å². The number of aromatic carboxylic acids is 3. The molecule has 0 aromatic heterocycles. The highest BCUT2D eigenvalue weighted by Gasteiger charge is 2.30. The predicted octanol–water partition coefficient (Wildman–Crippen LogP) is 0.0485. The van der Waals surface area contributed by atoms with Gasteiger partial charge in [0, 0.05) is 0 Å². The Morgan fingerprint density at radius 2 is 1.10 bits per heavy atom. The molecule has 0 aliphatic heterocycles. The molecule has 0 spiro atoms. The maximum absolute atomic E-state index is 11.4. The van der Waals surface area contributed by atoms with Crippen LogP contribution in [0.5, 0.6) is 0 Å². The minimum Gasteiger partial charge on any atom is -0.478 e. The first-order valence-corrected chi connectivity index (χ1v) is 4.82. The summed E-state index contributed by atoms with van der Waals surface area (Å²) in [6.45, 7) is 0. The number of carbonyl (C=O) groups excluding carboxylic acids is 1. The Hall–Kier alpha value is -3.23. The normalized spacial score (nSPS) is 9.80. The predicted molar refractivity (Wildman–Crippen MR) is 59.3 cm³/mol. The molecule has 0 fully saturated rings. The van der Waals surface area contributed by atoms with Crippen molar-refractivity contribution < 1.29 is 44.4 Å². The maximum Gasteiger partial charge on any atom is 0.377 e. The van der Waals surface area contributed by atoms with Crippen LogP contribution in [-0.4, -0.2) is 50.1 Å². The standard InChI is InChI=1S/C11H6O9/c12-7(11(19)20)6-4(9(15)16)1-3(8(13)14)2-5(6)10(17)18/h1-2H,(H,13,14)(H,15,16)(H,17,18)(H,19,20). The smallest absolute Gasteiger partial charge is 0.377 e. The molecule has 0 saturated carbocycles. The van der Waals surface area contributed by atoms with E-state index in [2.05, 4.69) is 0 Å². The lowest BCUT2D eigenvalue weighted by atomic mass is 9.94. The number of Topliss-reactive ketones (excluding diaryl/α,β-unsaturated/α-hetero) is 1. The summed E-state index contributed by atoms with van der Waals surface area (Å²) < 4.78 is 0. The van der Waals surface area contributed by atoms with E-state index in [-0.39, 0.29) is 0 Å². The number of carbonyl (C=O) groups is 5. The highest BCUT2D eigenvalue weighted by atomic mass is 16.4. The van der Waals surface area contributed by atoms with Crippen molar-refractivity contribution in [3.8, 4) is 0 Å². The van der Waals surface area contributed by atoms with Gasteiger partial charge in [-0.2, -0.15) is 0 Å². The number of aliphatic carboxylic acids is 1. The van der Waals surface area contributed by atoms with E-state index in [1.807, 2.05) is 0 Å². The highest BCUT2D eigenvalue weighted by molar-refractivity contribution is 6.42. The number of hydrogen-bond donors (Lipinski definition) is 4. The van der Waals surface area contributed by atoms with Gasteiger partial charge >= 0.3 is 23.9 Å². The monoisotopic (exact) mass is 282 g/mol. The number of ketones is 1. The van der Waals surface area contributed by atoms with E-state index in [1.165, 1.54) is 0 Å². The first kappa shape index (κ1) is 14.8. The van der Waals surface area contributed by atoms with Crippen molar-refractivity contribution in [3.63, 3.8) is 0 Å². The van der Waals surface area contributed by atoms with Crippen LogP contribution in [0, 0.1) is 0 Å². The van der Waals surface area contributed by atoms with Crippen molar-refractivity contribution in [2.75, 3.05) is 0 Å². The molecule has 0 amide bonds. The van der Waals surface area contributed by atoms with Gasteiger partial charge in [-0.1, -0.05) is 0 Å². The molecule has 0 radical (unpaired) electrons. The molecule has 1 aromatic rings. The van der Waals surface area contributed by atoms with Crippen molar-refractivity contribution in [3.05, 3.63) is 34.4 Å². The van der Waals surface area contributed by atoms with E-state index in [0.717, 1.165) is 0 Å². The minimum absolute atomic E-state index is 0.521. The molecule has 1 aromatic carbocycles. The number of hydrogen-bond acceptors (Lipinski definition) is 5. The number of benzene rings is 1. The lowest BCUT2D eigenvalue weighted by Gasteiger charge is -2.08. The summed E-state index contributed by atoms with van der Waals surface area (Å²) in [6.07, 6.45) is 0. The number of carboxylic acids is 4.